The number of hydrogen-bond acceptors (Lipinski definition) is 4. The second-order valence-electron chi connectivity index (χ2n) is 5.19. The lowest BCUT2D eigenvalue weighted by atomic mass is 10.2. The molecule has 0 radical (unpaired) electrons. The molecule has 3 aromatic rings. The molecule has 2 aromatic carbocycles. The average molecular weight is 367 g/mol. The lowest BCUT2D eigenvalue weighted by molar-refractivity contribution is -0.112. The second kappa shape index (κ2) is 7.68. The van der Waals surface area contributed by atoms with Gasteiger partial charge in [0.1, 0.15) is 28.3 Å². The lowest BCUT2D eigenvalue weighted by Crippen LogP contribution is -2.14. The summed E-state index contributed by atoms with van der Waals surface area (Å²) < 4.78 is 26.5. The molecule has 0 atom stereocenters. The summed E-state index contributed by atoms with van der Waals surface area (Å²) in [7, 11) is 0. The van der Waals surface area contributed by atoms with Gasteiger partial charge in [0.15, 0.2) is 0 Å². The third-order valence-corrected chi connectivity index (χ3v) is 4.20. The molecule has 0 spiro atoms. The van der Waals surface area contributed by atoms with Gasteiger partial charge in [-0.1, -0.05) is 30.3 Å². The molecule has 128 valence electrons. The zero-order chi connectivity index (χ0) is 18.5. The Hall–Kier alpha value is -3.37. The number of nitrogens with one attached hydrogen (secondary N) is 1. The number of nitriles is 1. The highest BCUT2D eigenvalue weighted by atomic mass is 32.1. The number of carbonyl (C=O) groups is 1. The van der Waals surface area contributed by atoms with E-state index in [1.807, 2.05) is 35.7 Å². The van der Waals surface area contributed by atoms with Gasteiger partial charge < -0.3 is 5.32 Å². The van der Waals surface area contributed by atoms with Gasteiger partial charge in [0.05, 0.1) is 11.4 Å². The van der Waals surface area contributed by atoms with Crippen molar-refractivity contribution in [2.24, 2.45) is 0 Å². The molecule has 0 unspecified atom stereocenters. The van der Waals surface area contributed by atoms with Gasteiger partial charge in [-0.25, -0.2) is 13.8 Å². The molecule has 7 heteroatoms. The predicted molar refractivity (Wildman–Crippen MR) is 96.1 cm³/mol. The molecule has 3 rings (SSSR count). The quantitative estimate of drug-likeness (QED) is 0.540. The van der Waals surface area contributed by atoms with Crippen molar-refractivity contribution in [1.29, 1.82) is 5.26 Å². The first-order chi connectivity index (χ1) is 12.6. The standard InChI is InChI=1S/C19H11F2N3OS/c20-14-6-7-16(15(21)9-14)24-19(25)13(10-22)8-18-23-17(11-26-18)12-4-2-1-3-5-12/h1-9,11H,(H,24,25)/b13-8-. The van der Waals surface area contributed by atoms with Crippen LogP contribution in [0.3, 0.4) is 0 Å². The first-order valence-electron chi connectivity index (χ1n) is 7.46. The van der Waals surface area contributed by atoms with Crippen LogP contribution in [0.2, 0.25) is 0 Å². The van der Waals surface area contributed by atoms with E-state index in [0.717, 1.165) is 23.4 Å². The molecule has 0 aliphatic carbocycles. The average Bonchev–Trinajstić information content (AvgIpc) is 3.11. The van der Waals surface area contributed by atoms with E-state index >= 15 is 0 Å². The van der Waals surface area contributed by atoms with Crippen LogP contribution in [-0.2, 0) is 4.79 Å². The number of anilines is 1. The van der Waals surface area contributed by atoms with Crippen LogP contribution in [-0.4, -0.2) is 10.9 Å². The van der Waals surface area contributed by atoms with Crippen LogP contribution in [0.1, 0.15) is 5.01 Å². The molecule has 1 heterocycles. The molecule has 4 nitrogen and oxygen atoms in total. The van der Waals surface area contributed by atoms with Gasteiger partial charge in [0.25, 0.3) is 5.91 Å². The van der Waals surface area contributed by atoms with Gasteiger partial charge in [0.2, 0.25) is 0 Å². The number of benzene rings is 2. The molecule has 1 N–H and O–H groups in total. The van der Waals surface area contributed by atoms with Gasteiger partial charge in [-0.3, -0.25) is 4.79 Å². The minimum atomic E-state index is -0.920. The third kappa shape index (κ3) is 3.99. The minimum absolute atomic E-state index is 0.207. The van der Waals surface area contributed by atoms with Crippen LogP contribution >= 0.6 is 11.3 Å². The predicted octanol–water partition coefficient (Wildman–Crippen LogP) is 4.63. The van der Waals surface area contributed by atoms with Crippen molar-refractivity contribution < 1.29 is 13.6 Å². The first-order valence-corrected chi connectivity index (χ1v) is 8.34. The number of carbonyl (C=O) groups excluding carboxylic acids is 1. The Kier molecular flexibility index (Phi) is 5.15. The van der Waals surface area contributed by atoms with Crippen molar-refractivity contribution in [2.75, 3.05) is 5.32 Å². The van der Waals surface area contributed by atoms with Crippen molar-refractivity contribution >= 4 is 29.0 Å². The Labute approximate surface area is 152 Å². The Morgan fingerprint density at radius 1 is 1.19 bits per heavy atom. The fraction of sp³-hybridized carbons (Fsp3) is 0. The Morgan fingerprint density at radius 2 is 1.96 bits per heavy atom. The summed E-state index contributed by atoms with van der Waals surface area (Å²) in [6.07, 6.45) is 1.33. The van der Waals surface area contributed by atoms with E-state index in [1.165, 1.54) is 17.4 Å². The maximum atomic E-state index is 13.6. The normalized spacial score (nSPS) is 11.0. The van der Waals surface area contributed by atoms with E-state index in [2.05, 4.69) is 10.3 Å². The number of amides is 1. The van der Waals surface area contributed by atoms with E-state index < -0.39 is 17.5 Å². The fourth-order valence-corrected chi connectivity index (χ4v) is 2.91. The monoisotopic (exact) mass is 367 g/mol. The van der Waals surface area contributed by atoms with Crippen LogP contribution in [0.25, 0.3) is 17.3 Å². The molecule has 0 aliphatic heterocycles. The number of rotatable bonds is 4. The minimum Gasteiger partial charge on any atom is -0.319 e. The van der Waals surface area contributed by atoms with E-state index in [9.17, 15) is 18.8 Å². The van der Waals surface area contributed by atoms with Gasteiger partial charge in [-0.15, -0.1) is 11.3 Å². The van der Waals surface area contributed by atoms with Crippen molar-refractivity contribution in [1.82, 2.24) is 4.98 Å². The van der Waals surface area contributed by atoms with Crippen molar-refractivity contribution in [3.63, 3.8) is 0 Å². The molecular weight excluding hydrogens is 356 g/mol. The van der Waals surface area contributed by atoms with Crippen molar-refractivity contribution in [2.45, 2.75) is 0 Å². The summed E-state index contributed by atoms with van der Waals surface area (Å²) in [5, 5.41) is 13.8. The summed E-state index contributed by atoms with van der Waals surface area (Å²) in [5.41, 5.74) is 1.20. The molecular formula is C19H11F2N3OS. The summed E-state index contributed by atoms with van der Waals surface area (Å²) in [6, 6.07) is 14.0. The first kappa shape index (κ1) is 17.5. The summed E-state index contributed by atoms with van der Waals surface area (Å²) in [6.45, 7) is 0. The van der Waals surface area contributed by atoms with E-state index in [1.54, 1.807) is 6.07 Å². The Bertz CT molecular complexity index is 1020. The zero-order valence-electron chi connectivity index (χ0n) is 13.2. The van der Waals surface area contributed by atoms with Crippen LogP contribution in [0.4, 0.5) is 14.5 Å². The molecule has 0 saturated carbocycles. The Morgan fingerprint density at radius 3 is 2.65 bits per heavy atom. The molecule has 0 bridgehead atoms. The zero-order valence-corrected chi connectivity index (χ0v) is 14.1. The van der Waals surface area contributed by atoms with E-state index in [-0.39, 0.29) is 11.3 Å². The topological polar surface area (TPSA) is 65.8 Å². The van der Waals surface area contributed by atoms with E-state index in [0.29, 0.717) is 11.1 Å². The fourth-order valence-electron chi connectivity index (χ4n) is 2.15. The summed E-state index contributed by atoms with van der Waals surface area (Å²) >= 11 is 1.27. The van der Waals surface area contributed by atoms with E-state index in [4.69, 9.17) is 0 Å². The maximum Gasteiger partial charge on any atom is 0.266 e. The third-order valence-electron chi connectivity index (χ3n) is 3.40. The smallest absolute Gasteiger partial charge is 0.266 e. The van der Waals surface area contributed by atoms with Crippen LogP contribution in [0.5, 0.6) is 0 Å². The lowest BCUT2D eigenvalue weighted by Gasteiger charge is -2.05. The maximum absolute atomic E-state index is 13.6. The number of hydrogen-bond donors (Lipinski definition) is 1. The largest absolute Gasteiger partial charge is 0.319 e. The molecule has 0 fully saturated rings. The highest BCUT2D eigenvalue weighted by Crippen LogP contribution is 2.23. The van der Waals surface area contributed by atoms with Gasteiger partial charge >= 0.3 is 0 Å². The number of halogens is 2. The second-order valence-corrected chi connectivity index (χ2v) is 6.07. The van der Waals surface area contributed by atoms with Crippen LogP contribution in [0, 0.1) is 23.0 Å². The number of nitrogens with zero attached hydrogens (tertiary/aromatic N) is 2. The number of aromatic nitrogens is 1. The molecule has 26 heavy (non-hydrogen) atoms. The Balaban J connectivity index is 1.81. The van der Waals surface area contributed by atoms with Gasteiger partial charge in [-0.2, -0.15) is 5.26 Å². The molecule has 1 amide bonds. The molecule has 0 aliphatic rings. The van der Waals surface area contributed by atoms with Crippen molar-refractivity contribution in [3.8, 4) is 17.3 Å². The van der Waals surface area contributed by atoms with Gasteiger partial charge in [-0.05, 0) is 18.2 Å². The SMILES string of the molecule is N#C/C(=C/c1nc(-c2ccccc2)cs1)C(=O)Nc1ccc(F)cc1F. The van der Waals surface area contributed by atoms with Gasteiger partial charge in [0, 0.05) is 17.0 Å². The highest BCUT2D eigenvalue weighted by molar-refractivity contribution is 7.10. The summed E-state index contributed by atoms with van der Waals surface area (Å²) in [5.74, 6) is -2.47. The van der Waals surface area contributed by atoms with Crippen LogP contribution < -0.4 is 5.32 Å². The highest BCUT2D eigenvalue weighted by Gasteiger charge is 2.14. The van der Waals surface area contributed by atoms with Crippen molar-refractivity contribution in [3.05, 3.63) is 76.1 Å². The molecule has 1 aromatic heterocycles. The molecule has 0 saturated heterocycles. The summed E-state index contributed by atoms with van der Waals surface area (Å²) in [4.78, 5) is 16.6. The number of thiazole rings is 1. The van der Waals surface area contributed by atoms with Crippen LogP contribution in [0.15, 0.2) is 59.5 Å².